The molecule has 1 atom stereocenters. The number of carbonyl (C=O) groups excluding carboxylic acids is 2. The van der Waals surface area contributed by atoms with Crippen LogP contribution in [0.25, 0.3) is 10.8 Å². The number of pyridine rings is 1. The molecule has 1 N–H and O–H groups in total. The Morgan fingerprint density at radius 3 is 2.60 bits per heavy atom. The van der Waals surface area contributed by atoms with Crippen LogP contribution in [-0.4, -0.2) is 24.0 Å². The number of amides is 1. The van der Waals surface area contributed by atoms with Crippen LogP contribution in [0.2, 0.25) is 0 Å². The first-order valence-corrected chi connectivity index (χ1v) is 7.92. The maximum absolute atomic E-state index is 12.3. The van der Waals surface area contributed by atoms with E-state index in [2.05, 4.69) is 10.3 Å². The Morgan fingerprint density at radius 2 is 1.88 bits per heavy atom. The van der Waals surface area contributed by atoms with Gasteiger partial charge in [0.15, 0.2) is 6.04 Å². The molecule has 0 aliphatic rings. The number of methoxy groups -OCH3 is 1. The van der Waals surface area contributed by atoms with Gasteiger partial charge in [-0.2, -0.15) is 0 Å². The van der Waals surface area contributed by atoms with Crippen LogP contribution in [0.1, 0.15) is 17.2 Å². The number of hydrogen-bond acceptors (Lipinski definition) is 4. The third-order valence-electron chi connectivity index (χ3n) is 3.94. The van der Waals surface area contributed by atoms with Crippen molar-refractivity contribution in [3.05, 3.63) is 78.1 Å². The lowest BCUT2D eigenvalue weighted by Gasteiger charge is -2.17. The number of esters is 1. The molecule has 0 saturated carbocycles. The van der Waals surface area contributed by atoms with Crippen LogP contribution in [0.4, 0.5) is 0 Å². The summed E-state index contributed by atoms with van der Waals surface area (Å²) in [7, 11) is 1.31. The van der Waals surface area contributed by atoms with Gasteiger partial charge in [-0.3, -0.25) is 9.78 Å². The molecule has 5 heteroatoms. The van der Waals surface area contributed by atoms with Crippen LogP contribution in [0.5, 0.6) is 0 Å². The van der Waals surface area contributed by atoms with Crippen LogP contribution < -0.4 is 5.32 Å². The second-order valence-corrected chi connectivity index (χ2v) is 5.67. The minimum atomic E-state index is -0.848. The number of fused-ring (bicyclic) bond motifs is 1. The van der Waals surface area contributed by atoms with Gasteiger partial charge in [0.2, 0.25) is 5.91 Å². The molecule has 3 aromatic rings. The second-order valence-electron chi connectivity index (χ2n) is 5.67. The monoisotopic (exact) mass is 334 g/mol. The largest absolute Gasteiger partial charge is 0.467 e. The first-order chi connectivity index (χ1) is 12.2. The topological polar surface area (TPSA) is 68.3 Å². The number of nitrogens with zero attached hydrogens (tertiary/aromatic N) is 1. The van der Waals surface area contributed by atoms with Gasteiger partial charge in [0.05, 0.1) is 13.5 Å². The number of aromatic nitrogens is 1. The van der Waals surface area contributed by atoms with Crippen molar-refractivity contribution in [1.82, 2.24) is 10.3 Å². The molecule has 0 unspecified atom stereocenters. The average Bonchev–Trinajstić information content (AvgIpc) is 2.66. The van der Waals surface area contributed by atoms with E-state index in [0.717, 1.165) is 16.3 Å². The summed E-state index contributed by atoms with van der Waals surface area (Å²) in [5, 5.41) is 4.82. The Morgan fingerprint density at radius 1 is 1.08 bits per heavy atom. The van der Waals surface area contributed by atoms with Gasteiger partial charge >= 0.3 is 5.97 Å². The summed E-state index contributed by atoms with van der Waals surface area (Å²) in [4.78, 5) is 28.5. The van der Waals surface area contributed by atoms with Crippen LogP contribution >= 0.6 is 0 Å². The van der Waals surface area contributed by atoms with E-state index in [4.69, 9.17) is 4.74 Å². The zero-order valence-electron chi connectivity index (χ0n) is 13.8. The molecule has 25 heavy (non-hydrogen) atoms. The standard InChI is InChI=1S/C20H18N2O3/c1-25-20(24)19(22-18(23)11-14-5-4-10-21-13-14)17-9-8-15-6-2-3-7-16(15)12-17/h2-10,12-13,19H,11H2,1H3,(H,22,23)/t19-/m1/s1. The maximum Gasteiger partial charge on any atom is 0.333 e. The van der Waals surface area contributed by atoms with E-state index in [0.29, 0.717) is 5.56 Å². The smallest absolute Gasteiger partial charge is 0.333 e. The van der Waals surface area contributed by atoms with Crippen LogP contribution in [-0.2, 0) is 20.7 Å². The van der Waals surface area contributed by atoms with E-state index in [9.17, 15) is 9.59 Å². The minimum Gasteiger partial charge on any atom is -0.467 e. The SMILES string of the molecule is COC(=O)[C@H](NC(=O)Cc1cccnc1)c1ccc2ccccc2c1. The fraction of sp³-hybridized carbons (Fsp3) is 0.150. The van der Waals surface area contributed by atoms with Gasteiger partial charge in [0.1, 0.15) is 0 Å². The molecule has 1 amide bonds. The predicted molar refractivity (Wildman–Crippen MR) is 94.8 cm³/mol. The van der Waals surface area contributed by atoms with Gasteiger partial charge in [-0.1, -0.05) is 42.5 Å². The molecule has 0 spiro atoms. The molecule has 1 heterocycles. The fourth-order valence-corrected chi connectivity index (χ4v) is 2.68. The third-order valence-corrected chi connectivity index (χ3v) is 3.94. The molecular formula is C20H18N2O3. The van der Waals surface area contributed by atoms with Gasteiger partial charge in [-0.05, 0) is 34.0 Å². The number of nitrogens with one attached hydrogen (secondary N) is 1. The van der Waals surface area contributed by atoms with Gasteiger partial charge in [0, 0.05) is 12.4 Å². The number of ether oxygens (including phenoxy) is 1. The second kappa shape index (κ2) is 7.57. The molecule has 0 saturated heterocycles. The van der Waals surface area contributed by atoms with E-state index in [1.54, 1.807) is 18.5 Å². The predicted octanol–water partition coefficient (Wildman–Crippen LogP) is 2.81. The molecule has 5 nitrogen and oxygen atoms in total. The summed E-state index contributed by atoms with van der Waals surface area (Å²) in [5.74, 6) is -0.772. The molecule has 0 aliphatic carbocycles. The van der Waals surface area contributed by atoms with Gasteiger partial charge in [0.25, 0.3) is 0 Å². The Labute approximate surface area is 145 Å². The summed E-state index contributed by atoms with van der Waals surface area (Å²) < 4.78 is 4.86. The Hall–Kier alpha value is -3.21. The molecule has 1 aromatic heterocycles. The van der Waals surface area contributed by atoms with Gasteiger partial charge in [-0.15, -0.1) is 0 Å². The van der Waals surface area contributed by atoms with Crippen molar-refractivity contribution in [2.75, 3.05) is 7.11 Å². The van der Waals surface area contributed by atoms with Crippen molar-refractivity contribution >= 4 is 22.6 Å². The Balaban J connectivity index is 1.83. The molecular weight excluding hydrogens is 316 g/mol. The molecule has 2 aromatic carbocycles. The lowest BCUT2D eigenvalue weighted by atomic mass is 10.0. The summed E-state index contributed by atoms with van der Waals surface area (Å²) in [6.45, 7) is 0. The highest BCUT2D eigenvalue weighted by atomic mass is 16.5. The van der Waals surface area contributed by atoms with Crippen LogP contribution in [0, 0.1) is 0 Å². The van der Waals surface area contributed by atoms with E-state index in [1.807, 2.05) is 48.5 Å². The summed E-state index contributed by atoms with van der Waals surface area (Å²) >= 11 is 0. The van der Waals surface area contributed by atoms with Gasteiger partial charge < -0.3 is 10.1 Å². The lowest BCUT2D eigenvalue weighted by Crippen LogP contribution is -2.35. The number of rotatable bonds is 5. The first kappa shape index (κ1) is 16.6. The lowest BCUT2D eigenvalue weighted by molar-refractivity contribution is -0.145. The van der Waals surface area contributed by atoms with Crippen molar-refractivity contribution < 1.29 is 14.3 Å². The molecule has 0 radical (unpaired) electrons. The minimum absolute atomic E-state index is 0.148. The summed E-state index contributed by atoms with van der Waals surface area (Å²) in [6, 6.07) is 16.2. The first-order valence-electron chi connectivity index (χ1n) is 7.92. The number of carbonyl (C=O) groups is 2. The number of hydrogen-bond donors (Lipinski definition) is 1. The van der Waals surface area contributed by atoms with E-state index >= 15 is 0 Å². The molecule has 126 valence electrons. The normalized spacial score (nSPS) is 11.7. The zero-order valence-corrected chi connectivity index (χ0v) is 13.8. The van der Waals surface area contributed by atoms with Crippen molar-refractivity contribution in [3.8, 4) is 0 Å². The molecule has 0 aliphatic heterocycles. The van der Waals surface area contributed by atoms with Crippen molar-refractivity contribution in [2.45, 2.75) is 12.5 Å². The van der Waals surface area contributed by atoms with Gasteiger partial charge in [-0.25, -0.2) is 4.79 Å². The van der Waals surface area contributed by atoms with Crippen molar-refractivity contribution in [1.29, 1.82) is 0 Å². The maximum atomic E-state index is 12.3. The van der Waals surface area contributed by atoms with Crippen LogP contribution in [0.3, 0.4) is 0 Å². The Bertz CT molecular complexity index is 894. The fourth-order valence-electron chi connectivity index (χ4n) is 2.68. The number of benzene rings is 2. The summed E-state index contributed by atoms with van der Waals surface area (Å²) in [5.41, 5.74) is 1.47. The highest BCUT2D eigenvalue weighted by molar-refractivity contribution is 5.89. The van der Waals surface area contributed by atoms with Crippen molar-refractivity contribution in [3.63, 3.8) is 0 Å². The quantitative estimate of drug-likeness (QED) is 0.729. The average molecular weight is 334 g/mol. The third kappa shape index (κ3) is 4.01. The zero-order chi connectivity index (χ0) is 17.6. The summed E-state index contributed by atoms with van der Waals surface area (Å²) in [6.07, 6.45) is 3.42. The Kier molecular flexibility index (Phi) is 5.04. The van der Waals surface area contributed by atoms with E-state index in [1.165, 1.54) is 7.11 Å². The van der Waals surface area contributed by atoms with E-state index in [-0.39, 0.29) is 12.3 Å². The van der Waals surface area contributed by atoms with Crippen molar-refractivity contribution in [2.24, 2.45) is 0 Å². The molecule has 0 bridgehead atoms. The highest BCUT2D eigenvalue weighted by Gasteiger charge is 2.23. The molecule has 0 fully saturated rings. The van der Waals surface area contributed by atoms with E-state index < -0.39 is 12.0 Å². The molecule has 3 rings (SSSR count). The van der Waals surface area contributed by atoms with Crippen LogP contribution in [0.15, 0.2) is 67.0 Å². The highest BCUT2D eigenvalue weighted by Crippen LogP contribution is 2.21.